The first-order valence-electron chi connectivity index (χ1n) is 12.9. The van der Waals surface area contributed by atoms with Crippen molar-refractivity contribution in [2.24, 2.45) is 0 Å². The summed E-state index contributed by atoms with van der Waals surface area (Å²) < 4.78 is 21.5. The summed E-state index contributed by atoms with van der Waals surface area (Å²) in [6.45, 7) is 5.56. The van der Waals surface area contributed by atoms with Crippen molar-refractivity contribution in [3.8, 4) is 5.75 Å². The second-order valence-corrected chi connectivity index (χ2v) is 9.77. The van der Waals surface area contributed by atoms with Crippen LogP contribution in [0.1, 0.15) is 48.5 Å². The summed E-state index contributed by atoms with van der Waals surface area (Å²) in [5.74, 6) is -1.84. The van der Waals surface area contributed by atoms with E-state index in [9.17, 15) is 19.8 Å². The Balaban J connectivity index is 1.47. The van der Waals surface area contributed by atoms with Crippen LogP contribution in [-0.4, -0.2) is 54.2 Å². The average Bonchev–Trinajstić information content (AvgIpc) is 2.93. The van der Waals surface area contributed by atoms with Gasteiger partial charge in [0.25, 0.3) is 11.8 Å². The maximum atomic E-state index is 12.2. The van der Waals surface area contributed by atoms with Gasteiger partial charge < -0.3 is 34.5 Å². The lowest BCUT2D eigenvalue weighted by molar-refractivity contribution is -0.236. The minimum atomic E-state index is -1.85. The molecule has 10 nitrogen and oxygen atoms in total. The van der Waals surface area contributed by atoms with Crippen LogP contribution in [0.4, 0.5) is 4.79 Å². The standard InChI is InChI=1S/C30H36N2O8/c1-29(2,3)40-28(35)39-25-16-14-23(15-17-25)27(34)37-20-19-32-30(36,24-12-8-5-9-13-24)38-21-18-31-26(33)22-10-6-4-7-11-22/h4-17,27,32,34,36H,18-21H2,1-3H3,(H,31,33). The first-order chi connectivity index (χ1) is 19.1. The summed E-state index contributed by atoms with van der Waals surface area (Å²) in [4.78, 5) is 24.0. The highest BCUT2D eigenvalue weighted by Gasteiger charge is 2.29. The Morgan fingerprint density at radius 3 is 2.10 bits per heavy atom. The van der Waals surface area contributed by atoms with Crippen molar-refractivity contribution < 1.29 is 38.7 Å². The summed E-state index contributed by atoms with van der Waals surface area (Å²) in [5, 5.41) is 27.3. The zero-order valence-electron chi connectivity index (χ0n) is 22.8. The minimum Gasteiger partial charge on any atom is -0.428 e. The zero-order chi connectivity index (χ0) is 29.0. The second-order valence-electron chi connectivity index (χ2n) is 9.77. The first kappa shape index (κ1) is 30.7. The summed E-state index contributed by atoms with van der Waals surface area (Å²) in [5.41, 5.74) is 0.760. The van der Waals surface area contributed by atoms with Gasteiger partial charge in [0.1, 0.15) is 11.4 Å². The van der Waals surface area contributed by atoms with Gasteiger partial charge >= 0.3 is 6.16 Å². The Morgan fingerprint density at radius 2 is 1.48 bits per heavy atom. The molecule has 1 amide bonds. The van der Waals surface area contributed by atoms with Crippen molar-refractivity contribution in [2.75, 3.05) is 26.3 Å². The molecule has 0 bridgehead atoms. The molecule has 0 aromatic heterocycles. The molecule has 0 aliphatic carbocycles. The van der Waals surface area contributed by atoms with Crippen LogP contribution in [0.15, 0.2) is 84.9 Å². The van der Waals surface area contributed by atoms with Gasteiger partial charge in [0.05, 0.1) is 13.2 Å². The fourth-order valence-corrected chi connectivity index (χ4v) is 3.51. The van der Waals surface area contributed by atoms with Gasteiger partial charge in [-0.05, 0) is 45.0 Å². The lowest BCUT2D eigenvalue weighted by Gasteiger charge is -2.30. The summed E-state index contributed by atoms with van der Waals surface area (Å²) in [7, 11) is 0. The van der Waals surface area contributed by atoms with E-state index in [2.05, 4.69) is 10.6 Å². The number of aliphatic hydroxyl groups excluding tert-OH is 1. The van der Waals surface area contributed by atoms with Crippen LogP contribution in [0.5, 0.6) is 5.75 Å². The van der Waals surface area contributed by atoms with Gasteiger partial charge in [-0.3, -0.25) is 10.1 Å². The Labute approximate surface area is 233 Å². The Kier molecular flexibility index (Phi) is 11.2. The Bertz CT molecular complexity index is 1200. The smallest absolute Gasteiger partial charge is 0.428 e. The molecule has 3 aromatic rings. The maximum Gasteiger partial charge on any atom is 0.514 e. The number of carbonyl (C=O) groups is 2. The molecule has 0 radical (unpaired) electrons. The number of ether oxygens (including phenoxy) is 4. The van der Waals surface area contributed by atoms with Crippen LogP contribution in [0.25, 0.3) is 0 Å². The summed E-state index contributed by atoms with van der Waals surface area (Å²) in [6, 6.07) is 23.7. The predicted octanol–water partition coefficient (Wildman–Crippen LogP) is 3.85. The maximum absolute atomic E-state index is 12.2. The number of amides is 1. The Morgan fingerprint density at radius 1 is 0.850 bits per heavy atom. The molecule has 0 saturated carbocycles. The first-order valence-corrected chi connectivity index (χ1v) is 12.9. The highest BCUT2D eigenvalue weighted by atomic mass is 16.7. The highest BCUT2D eigenvalue weighted by molar-refractivity contribution is 5.94. The van der Waals surface area contributed by atoms with Gasteiger partial charge in [-0.1, -0.05) is 60.7 Å². The molecule has 40 heavy (non-hydrogen) atoms. The fraction of sp³-hybridized carbons (Fsp3) is 0.333. The third-order valence-electron chi connectivity index (χ3n) is 5.40. The molecule has 3 rings (SSSR count). The topological polar surface area (TPSA) is 136 Å². The van der Waals surface area contributed by atoms with Crippen LogP contribution < -0.4 is 15.4 Å². The van der Waals surface area contributed by atoms with Crippen molar-refractivity contribution in [3.05, 3.63) is 102 Å². The lowest BCUT2D eigenvalue weighted by Crippen LogP contribution is -2.47. The normalized spacial score (nSPS) is 13.6. The van der Waals surface area contributed by atoms with Gasteiger partial charge in [-0.15, -0.1) is 0 Å². The largest absolute Gasteiger partial charge is 0.514 e. The van der Waals surface area contributed by atoms with E-state index in [-0.39, 0.29) is 38.0 Å². The molecule has 0 saturated heterocycles. The highest BCUT2D eigenvalue weighted by Crippen LogP contribution is 2.21. The van der Waals surface area contributed by atoms with E-state index in [1.807, 2.05) is 12.1 Å². The molecule has 214 valence electrons. The van der Waals surface area contributed by atoms with Crippen LogP contribution in [-0.2, 0) is 20.1 Å². The third-order valence-corrected chi connectivity index (χ3v) is 5.40. The lowest BCUT2D eigenvalue weighted by atomic mass is 10.1. The molecular formula is C30H36N2O8. The zero-order valence-corrected chi connectivity index (χ0v) is 22.8. The number of hydrogen-bond acceptors (Lipinski definition) is 9. The molecule has 3 aromatic carbocycles. The van der Waals surface area contributed by atoms with E-state index in [0.717, 1.165) is 0 Å². The van der Waals surface area contributed by atoms with Gasteiger partial charge in [-0.25, -0.2) is 4.79 Å². The number of hydrogen-bond donors (Lipinski definition) is 4. The number of nitrogens with one attached hydrogen (secondary N) is 2. The minimum absolute atomic E-state index is 0.0260. The SMILES string of the molecule is CC(C)(C)OC(=O)Oc1ccc(C(O)OCCNC(O)(OCCNC(=O)c2ccccc2)c2ccccc2)cc1. The molecular weight excluding hydrogens is 516 g/mol. The van der Waals surface area contributed by atoms with Crippen molar-refractivity contribution >= 4 is 12.1 Å². The van der Waals surface area contributed by atoms with E-state index >= 15 is 0 Å². The van der Waals surface area contributed by atoms with Gasteiger partial charge in [-0.2, -0.15) is 0 Å². The van der Waals surface area contributed by atoms with Crippen molar-refractivity contribution in [3.63, 3.8) is 0 Å². The molecule has 2 unspecified atom stereocenters. The van der Waals surface area contributed by atoms with Crippen LogP contribution in [0.2, 0.25) is 0 Å². The molecule has 0 aliphatic rings. The average molecular weight is 553 g/mol. The van der Waals surface area contributed by atoms with E-state index in [4.69, 9.17) is 18.9 Å². The van der Waals surface area contributed by atoms with Crippen LogP contribution >= 0.6 is 0 Å². The quantitative estimate of drug-likeness (QED) is 0.108. The molecule has 0 aliphatic heterocycles. The van der Waals surface area contributed by atoms with Crippen molar-refractivity contribution in [2.45, 2.75) is 38.6 Å². The number of carbonyl (C=O) groups excluding carboxylic acids is 2. The number of rotatable bonds is 13. The fourth-order valence-electron chi connectivity index (χ4n) is 3.51. The van der Waals surface area contributed by atoms with Gasteiger partial charge in [0.15, 0.2) is 6.29 Å². The molecule has 0 fully saturated rings. The van der Waals surface area contributed by atoms with Crippen LogP contribution in [0.3, 0.4) is 0 Å². The van der Waals surface area contributed by atoms with Crippen molar-refractivity contribution in [1.82, 2.24) is 10.6 Å². The molecule has 10 heteroatoms. The van der Waals surface area contributed by atoms with E-state index in [1.54, 1.807) is 81.4 Å². The van der Waals surface area contributed by atoms with Gasteiger partial charge in [0.2, 0.25) is 0 Å². The van der Waals surface area contributed by atoms with Crippen LogP contribution in [0, 0.1) is 0 Å². The predicted molar refractivity (Wildman–Crippen MR) is 147 cm³/mol. The monoisotopic (exact) mass is 552 g/mol. The second kappa shape index (κ2) is 14.5. The molecule has 4 N–H and O–H groups in total. The van der Waals surface area contributed by atoms with Gasteiger partial charge in [0, 0.05) is 29.8 Å². The Hall–Kier alpha value is -3.80. The summed E-state index contributed by atoms with van der Waals surface area (Å²) in [6.07, 6.45) is -2.08. The molecule has 2 atom stereocenters. The van der Waals surface area contributed by atoms with Crippen molar-refractivity contribution in [1.29, 1.82) is 0 Å². The summed E-state index contributed by atoms with van der Waals surface area (Å²) >= 11 is 0. The van der Waals surface area contributed by atoms with E-state index in [0.29, 0.717) is 16.7 Å². The van der Waals surface area contributed by atoms with E-state index in [1.165, 1.54) is 12.1 Å². The third kappa shape index (κ3) is 10.1. The van der Waals surface area contributed by atoms with E-state index < -0.39 is 24.0 Å². The number of aliphatic hydroxyl groups is 2. The molecule has 0 spiro atoms. The number of benzene rings is 3. The molecule has 0 heterocycles.